The average molecular weight is 286 g/mol. The summed E-state index contributed by atoms with van der Waals surface area (Å²) in [6.07, 6.45) is 2.64. The van der Waals surface area contributed by atoms with E-state index in [2.05, 4.69) is 11.8 Å². The number of likely N-dealkylation sites (N-methyl/N-ethyl adjacent to an activating group) is 1. The Balaban J connectivity index is 0.00000172. The predicted octanol–water partition coefficient (Wildman–Crippen LogP) is 2.63. The molecule has 1 unspecified atom stereocenters. The highest BCUT2D eigenvalue weighted by Crippen LogP contribution is 2.09. The number of unbranched alkanes of at least 4 members (excludes halogenated alkanes) is 1. The molecule has 1 atom stereocenters. The van der Waals surface area contributed by atoms with Gasteiger partial charge >= 0.3 is 0 Å². The summed E-state index contributed by atoms with van der Waals surface area (Å²) in [4.78, 5) is 16.1. The maximum Gasteiger partial charge on any atom is 0.224 e. The van der Waals surface area contributed by atoms with Crippen LogP contribution in [0.4, 0.5) is 0 Å². The van der Waals surface area contributed by atoms with Gasteiger partial charge in [-0.2, -0.15) is 0 Å². The van der Waals surface area contributed by atoms with Crippen molar-refractivity contribution in [3.05, 3.63) is 0 Å². The Morgan fingerprint density at radius 2 is 2.05 bits per heavy atom. The molecule has 4 heteroatoms. The number of ether oxygens (including phenoxy) is 1. The monoisotopic (exact) mass is 286 g/mol. The van der Waals surface area contributed by atoms with Gasteiger partial charge in [0.25, 0.3) is 0 Å². The summed E-state index contributed by atoms with van der Waals surface area (Å²) in [6.45, 7) is 14.7. The Morgan fingerprint density at radius 1 is 1.40 bits per heavy atom. The van der Waals surface area contributed by atoms with Crippen molar-refractivity contribution in [3.8, 4) is 0 Å². The molecule has 0 N–H and O–H groups in total. The van der Waals surface area contributed by atoms with E-state index >= 15 is 0 Å². The largest absolute Gasteiger partial charge is 0.374 e. The molecule has 20 heavy (non-hydrogen) atoms. The maximum absolute atomic E-state index is 11.8. The molecule has 0 radical (unpaired) electrons. The van der Waals surface area contributed by atoms with Gasteiger partial charge in [0, 0.05) is 32.6 Å². The van der Waals surface area contributed by atoms with Crippen molar-refractivity contribution >= 4 is 5.91 Å². The van der Waals surface area contributed by atoms with Crippen molar-refractivity contribution in [2.45, 2.75) is 53.6 Å². The highest BCUT2D eigenvalue weighted by Gasteiger charge is 2.23. The zero-order chi connectivity index (χ0) is 15.5. The zero-order valence-corrected chi connectivity index (χ0v) is 14.3. The zero-order valence-electron chi connectivity index (χ0n) is 14.3. The predicted molar refractivity (Wildman–Crippen MR) is 84.9 cm³/mol. The molecule has 0 bridgehead atoms. The lowest BCUT2D eigenvalue weighted by atomic mass is 10.1. The topological polar surface area (TPSA) is 32.8 Å². The Hall–Kier alpha value is -0.610. The number of carbonyl (C=O) groups is 1. The summed E-state index contributed by atoms with van der Waals surface area (Å²) >= 11 is 0. The van der Waals surface area contributed by atoms with Gasteiger partial charge in [0.05, 0.1) is 12.7 Å². The van der Waals surface area contributed by atoms with Crippen LogP contribution in [0.5, 0.6) is 0 Å². The fourth-order valence-corrected chi connectivity index (χ4v) is 2.31. The first-order valence-corrected chi connectivity index (χ1v) is 8.13. The average Bonchev–Trinajstić information content (AvgIpc) is 2.46. The van der Waals surface area contributed by atoms with Gasteiger partial charge in [-0.3, -0.25) is 9.69 Å². The van der Waals surface area contributed by atoms with Crippen molar-refractivity contribution in [2.75, 3.05) is 39.8 Å². The van der Waals surface area contributed by atoms with Crippen LogP contribution in [0.15, 0.2) is 0 Å². The van der Waals surface area contributed by atoms with Crippen LogP contribution in [0, 0.1) is 5.92 Å². The summed E-state index contributed by atoms with van der Waals surface area (Å²) in [6, 6.07) is 0. The van der Waals surface area contributed by atoms with Crippen LogP contribution in [-0.2, 0) is 9.53 Å². The van der Waals surface area contributed by atoms with Gasteiger partial charge in [0.1, 0.15) is 0 Å². The van der Waals surface area contributed by atoms with E-state index in [9.17, 15) is 4.79 Å². The molecule has 1 saturated heterocycles. The van der Waals surface area contributed by atoms with Gasteiger partial charge in [-0.25, -0.2) is 0 Å². The summed E-state index contributed by atoms with van der Waals surface area (Å²) in [5.74, 6) is 0.263. The molecule has 1 amide bonds. The third-order valence-electron chi connectivity index (χ3n) is 3.40. The van der Waals surface area contributed by atoms with E-state index in [1.807, 2.05) is 34.7 Å². The standard InChI is InChI=1S/C14H28N2O2.C2H6/c1-5-6-7-16-8-9-18-13(11-16)10-15(4)14(17)12(2)3;1-2/h12-13H,5-11H2,1-4H3;1-2H3. The van der Waals surface area contributed by atoms with E-state index in [1.165, 1.54) is 12.8 Å². The van der Waals surface area contributed by atoms with Crippen LogP contribution in [0.3, 0.4) is 0 Å². The van der Waals surface area contributed by atoms with Crippen LogP contribution >= 0.6 is 0 Å². The van der Waals surface area contributed by atoms with Crippen molar-refractivity contribution in [1.29, 1.82) is 0 Å². The van der Waals surface area contributed by atoms with Crippen molar-refractivity contribution < 1.29 is 9.53 Å². The molecule has 0 aromatic rings. The fraction of sp³-hybridized carbons (Fsp3) is 0.938. The first kappa shape index (κ1) is 19.4. The number of carbonyl (C=O) groups excluding carboxylic acids is 1. The normalized spacial score (nSPS) is 19.4. The van der Waals surface area contributed by atoms with Crippen molar-refractivity contribution in [2.24, 2.45) is 5.92 Å². The lowest BCUT2D eigenvalue weighted by Gasteiger charge is -2.35. The first-order chi connectivity index (χ1) is 9.54. The minimum absolute atomic E-state index is 0.0646. The molecule has 0 saturated carbocycles. The van der Waals surface area contributed by atoms with Crippen molar-refractivity contribution in [3.63, 3.8) is 0 Å². The molecule has 0 spiro atoms. The quantitative estimate of drug-likeness (QED) is 0.752. The molecule has 1 rings (SSSR count). The molecule has 0 aliphatic carbocycles. The van der Waals surface area contributed by atoms with Gasteiger partial charge in [-0.15, -0.1) is 0 Å². The minimum atomic E-state index is 0.0646. The van der Waals surface area contributed by atoms with E-state index in [1.54, 1.807) is 4.90 Å². The van der Waals surface area contributed by atoms with Crippen LogP contribution in [-0.4, -0.2) is 61.6 Å². The molecular formula is C16H34N2O2. The van der Waals surface area contributed by atoms with Crippen LogP contribution in [0.2, 0.25) is 0 Å². The van der Waals surface area contributed by atoms with E-state index in [-0.39, 0.29) is 17.9 Å². The van der Waals surface area contributed by atoms with Gasteiger partial charge in [0.15, 0.2) is 0 Å². The molecule has 0 aromatic heterocycles. The number of rotatable bonds is 6. The van der Waals surface area contributed by atoms with Gasteiger partial charge in [-0.05, 0) is 13.0 Å². The third kappa shape index (κ3) is 7.25. The maximum atomic E-state index is 11.8. The Kier molecular flexibility index (Phi) is 10.8. The second-order valence-corrected chi connectivity index (χ2v) is 5.52. The lowest BCUT2D eigenvalue weighted by Crippen LogP contribution is -2.48. The lowest BCUT2D eigenvalue weighted by molar-refractivity contribution is -0.136. The molecular weight excluding hydrogens is 252 g/mol. The summed E-state index contributed by atoms with van der Waals surface area (Å²) < 4.78 is 5.75. The second-order valence-electron chi connectivity index (χ2n) is 5.52. The Bertz CT molecular complexity index is 257. The SMILES string of the molecule is CC.CCCCN1CCOC(CN(C)C(=O)C(C)C)C1. The summed E-state index contributed by atoms with van der Waals surface area (Å²) in [5, 5.41) is 0. The number of amides is 1. The molecule has 0 aromatic carbocycles. The number of hydrogen-bond acceptors (Lipinski definition) is 3. The fourth-order valence-electron chi connectivity index (χ4n) is 2.31. The van der Waals surface area contributed by atoms with Crippen molar-refractivity contribution in [1.82, 2.24) is 9.80 Å². The molecule has 120 valence electrons. The highest BCUT2D eigenvalue weighted by atomic mass is 16.5. The van der Waals surface area contributed by atoms with Crippen LogP contribution in [0.25, 0.3) is 0 Å². The smallest absolute Gasteiger partial charge is 0.224 e. The molecule has 4 nitrogen and oxygen atoms in total. The number of nitrogens with zero attached hydrogens (tertiary/aromatic N) is 2. The minimum Gasteiger partial charge on any atom is -0.374 e. The Morgan fingerprint density at radius 3 is 2.60 bits per heavy atom. The van der Waals surface area contributed by atoms with E-state index in [0.717, 1.165) is 26.2 Å². The van der Waals surface area contributed by atoms with E-state index in [4.69, 9.17) is 4.74 Å². The van der Waals surface area contributed by atoms with Crippen LogP contribution in [0.1, 0.15) is 47.5 Å². The van der Waals surface area contributed by atoms with Gasteiger partial charge in [0.2, 0.25) is 5.91 Å². The number of hydrogen-bond donors (Lipinski definition) is 0. The third-order valence-corrected chi connectivity index (χ3v) is 3.40. The van der Waals surface area contributed by atoms with Gasteiger partial charge < -0.3 is 9.64 Å². The first-order valence-electron chi connectivity index (χ1n) is 8.13. The summed E-state index contributed by atoms with van der Waals surface area (Å²) in [7, 11) is 1.87. The second kappa shape index (κ2) is 11.1. The number of morpholine rings is 1. The molecule has 1 heterocycles. The molecule has 1 aliphatic rings. The molecule has 1 fully saturated rings. The van der Waals surface area contributed by atoms with Crippen LogP contribution < -0.4 is 0 Å². The molecule has 1 aliphatic heterocycles. The Labute approximate surface area is 125 Å². The van der Waals surface area contributed by atoms with Gasteiger partial charge in [-0.1, -0.05) is 41.0 Å². The van der Waals surface area contributed by atoms with E-state index < -0.39 is 0 Å². The van der Waals surface area contributed by atoms with E-state index in [0.29, 0.717) is 6.54 Å². The highest BCUT2D eigenvalue weighted by molar-refractivity contribution is 5.77. The summed E-state index contributed by atoms with van der Waals surface area (Å²) in [5.41, 5.74) is 0.